The lowest BCUT2D eigenvalue weighted by Gasteiger charge is -2.17. The lowest BCUT2D eigenvalue weighted by Crippen LogP contribution is -2.37. The third-order valence-electron chi connectivity index (χ3n) is 4.56. The summed E-state index contributed by atoms with van der Waals surface area (Å²) in [5.41, 5.74) is 1.82. The number of hydrogen-bond acceptors (Lipinski definition) is 4. The van der Waals surface area contributed by atoms with Crippen LogP contribution in [0.25, 0.3) is 0 Å². The topological polar surface area (TPSA) is 74.3 Å². The van der Waals surface area contributed by atoms with Crippen molar-refractivity contribution >= 4 is 17.6 Å². The van der Waals surface area contributed by atoms with E-state index in [0.717, 1.165) is 19.4 Å². The van der Waals surface area contributed by atoms with Crippen LogP contribution in [0.4, 0.5) is 5.82 Å². The summed E-state index contributed by atoms with van der Waals surface area (Å²) in [5, 5.41) is 5.87. The van der Waals surface area contributed by atoms with E-state index < -0.39 is 0 Å². The molecule has 136 valence electrons. The molecule has 1 aromatic heterocycles. The van der Waals surface area contributed by atoms with Crippen molar-refractivity contribution in [2.24, 2.45) is 0 Å². The largest absolute Gasteiger partial charge is 0.373 e. The number of benzene rings is 1. The molecule has 2 N–H and O–H groups in total. The first-order valence-electron chi connectivity index (χ1n) is 8.92. The third kappa shape index (κ3) is 4.59. The zero-order chi connectivity index (χ0) is 18.4. The Labute approximate surface area is 153 Å². The third-order valence-corrected chi connectivity index (χ3v) is 4.56. The molecular formula is C20H24N4O2. The normalized spacial score (nSPS) is 16.6. The van der Waals surface area contributed by atoms with E-state index in [-0.39, 0.29) is 17.9 Å². The van der Waals surface area contributed by atoms with Crippen molar-refractivity contribution in [3.8, 4) is 0 Å². The minimum absolute atomic E-state index is 0.106. The van der Waals surface area contributed by atoms with Crippen molar-refractivity contribution in [2.75, 3.05) is 25.5 Å². The number of rotatable bonds is 7. The summed E-state index contributed by atoms with van der Waals surface area (Å²) in [7, 11) is 1.76. The number of aryl methyl sites for hydroxylation is 1. The minimum Gasteiger partial charge on any atom is -0.373 e. The van der Waals surface area contributed by atoms with E-state index in [0.29, 0.717) is 24.3 Å². The van der Waals surface area contributed by atoms with Crippen molar-refractivity contribution in [3.05, 3.63) is 59.8 Å². The number of hydrogen-bond donors (Lipinski definition) is 2. The zero-order valence-electron chi connectivity index (χ0n) is 14.9. The fraction of sp³-hybridized carbons (Fsp3) is 0.350. The second-order valence-corrected chi connectivity index (χ2v) is 6.48. The predicted molar refractivity (Wildman–Crippen MR) is 101 cm³/mol. The minimum atomic E-state index is -0.173. The molecule has 26 heavy (non-hydrogen) atoms. The summed E-state index contributed by atoms with van der Waals surface area (Å²) in [6, 6.07) is 13.5. The van der Waals surface area contributed by atoms with Crippen LogP contribution in [0.5, 0.6) is 0 Å². The molecule has 2 heterocycles. The number of amides is 2. The van der Waals surface area contributed by atoms with Crippen LogP contribution in [0.1, 0.15) is 28.8 Å². The molecule has 2 aromatic rings. The first-order chi connectivity index (χ1) is 12.7. The van der Waals surface area contributed by atoms with Crippen LogP contribution in [0.2, 0.25) is 0 Å². The molecule has 0 unspecified atom stereocenters. The predicted octanol–water partition coefficient (Wildman–Crippen LogP) is 2.09. The van der Waals surface area contributed by atoms with Gasteiger partial charge in [0.15, 0.2) is 0 Å². The van der Waals surface area contributed by atoms with Gasteiger partial charge in [-0.15, -0.1) is 0 Å². The molecule has 1 aliphatic rings. The second-order valence-electron chi connectivity index (χ2n) is 6.48. The fourth-order valence-corrected chi connectivity index (χ4v) is 3.18. The van der Waals surface area contributed by atoms with Gasteiger partial charge in [-0.05, 0) is 30.5 Å². The quantitative estimate of drug-likeness (QED) is 0.800. The van der Waals surface area contributed by atoms with Gasteiger partial charge >= 0.3 is 0 Å². The van der Waals surface area contributed by atoms with Crippen LogP contribution in [0.15, 0.2) is 48.7 Å². The summed E-state index contributed by atoms with van der Waals surface area (Å²) in [6.07, 6.45) is 3.83. The number of likely N-dealkylation sites (tertiary alicyclic amines) is 1. The SMILES string of the molecule is CNc1cc(C(=O)N[C@H]2CC(=O)N(CCCc3ccccc3)C2)ccn1. The van der Waals surface area contributed by atoms with Crippen molar-refractivity contribution in [2.45, 2.75) is 25.3 Å². The van der Waals surface area contributed by atoms with Gasteiger partial charge in [0.25, 0.3) is 5.91 Å². The lowest BCUT2D eigenvalue weighted by atomic mass is 10.1. The monoisotopic (exact) mass is 352 g/mol. The van der Waals surface area contributed by atoms with E-state index in [9.17, 15) is 9.59 Å². The van der Waals surface area contributed by atoms with Crippen molar-refractivity contribution in [3.63, 3.8) is 0 Å². The molecule has 1 fully saturated rings. The summed E-state index contributed by atoms with van der Waals surface area (Å²) in [6.45, 7) is 1.29. The van der Waals surface area contributed by atoms with Crippen molar-refractivity contribution < 1.29 is 9.59 Å². The van der Waals surface area contributed by atoms with E-state index in [4.69, 9.17) is 0 Å². The Morgan fingerprint density at radius 1 is 1.27 bits per heavy atom. The summed E-state index contributed by atoms with van der Waals surface area (Å²) in [5.74, 6) is 0.574. The van der Waals surface area contributed by atoms with E-state index in [2.05, 4.69) is 27.8 Å². The first kappa shape index (κ1) is 17.9. The molecule has 1 aromatic carbocycles. The molecule has 2 amide bonds. The molecule has 1 saturated heterocycles. The number of nitrogens with zero attached hydrogens (tertiary/aromatic N) is 2. The highest BCUT2D eigenvalue weighted by Gasteiger charge is 2.30. The summed E-state index contributed by atoms with van der Waals surface area (Å²) < 4.78 is 0. The van der Waals surface area contributed by atoms with Crippen LogP contribution in [0.3, 0.4) is 0 Å². The Balaban J connectivity index is 1.48. The Kier molecular flexibility index (Phi) is 5.84. The molecule has 1 atom stereocenters. The smallest absolute Gasteiger partial charge is 0.251 e. The maximum absolute atomic E-state index is 12.4. The number of anilines is 1. The molecule has 0 bridgehead atoms. The van der Waals surface area contributed by atoms with Crippen molar-refractivity contribution in [1.82, 2.24) is 15.2 Å². The van der Waals surface area contributed by atoms with Crippen LogP contribution in [0, 0.1) is 0 Å². The van der Waals surface area contributed by atoms with Gasteiger partial charge < -0.3 is 15.5 Å². The van der Waals surface area contributed by atoms with Crippen LogP contribution in [-0.2, 0) is 11.2 Å². The molecule has 0 radical (unpaired) electrons. The zero-order valence-corrected chi connectivity index (χ0v) is 14.9. The second kappa shape index (κ2) is 8.47. The highest BCUT2D eigenvalue weighted by molar-refractivity contribution is 5.95. The molecule has 6 heteroatoms. The highest BCUT2D eigenvalue weighted by atomic mass is 16.2. The number of pyridine rings is 1. The number of carbonyl (C=O) groups excluding carboxylic acids is 2. The van der Waals surface area contributed by atoms with Crippen LogP contribution in [-0.4, -0.2) is 47.9 Å². The maximum Gasteiger partial charge on any atom is 0.251 e. The van der Waals surface area contributed by atoms with E-state index in [1.807, 2.05) is 23.1 Å². The lowest BCUT2D eigenvalue weighted by molar-refractivity contribution is -0.127. The van der Waals surface area contributed by atoms with Crippen LogP contribution < -0.4 is 10.6 Å². The average Bonchev–Trinajstić information content (AvgIpc) is 3.01. The molecule has 0 spiro atoms. The molecule has 0 saturated carbocycles. The van der Waals surface area contributed by atoms with Gasteiger partial charge in [0.2, 0.25) is 5.91 Å². The first-order valence-corrected chi connectivity index (χ1v) is 8.92. The number of nitrogens with one attached hydrogen (secondary N) is 2. The van der Waals surface area contributed by atoms with Gasteiger partial charge in [-0.25, -0.2) is 4.98 Å². The average molecular weight is 352 g/mol. The van der Waals surface area contributed by atoms with Gasteiger partial charge in [0.1, 0.15) is 5.82 Å². The Morgan fingerprint density at radius 3 is 2.85 bits per heavy atom. The van der Waals surface area contributed by atoms with E-state index in [1.165, 1.54) is 5.56 Å². The fourth-order valence-electron chi connectivity index (χ4n) is 3.18. The highest BCUT2D eigenvalue weighted by Crippen LogP contribution is 2.14. The van der Waals surface area contributed by atoms with E-state index >= 15 is 0 Å². The molecule has 3 rings (SSSR count). The van der Waals surface area contributed by atoms with Gasteiger partial charge in [0, 0.05) is 38.3 Å². The molecular weight excluding hydrogens is 328 g/mol. The summed E-state index contributed by atoms with van der Waals surface area (Å²) in [4.78, 5) is 30.5. The van der Waals surface area contributed by atoms with E-state index in [1.54, 1.807) is 25.4 Å². The number of aromatic nitrogens is 1. The standard InChI is InChI=1S/C20H24N4O2/c1-21-18-12-16(9-10-22-18)20(26)23-17-13-19(25)24(14-17)11-5-8-15-6-3-2-4-7-15/h2-4,6-7,9-10,12,17H,5,8,11,13-14H2,1H3,(H,21,22)(H,23,26)/t17-/m0/s1. The van der Waals surface area contributed by atoms with Gasteiger partial charge in [-0.2, -0.15) is 0 Å². The summed E-state index contributed by atoms with van der Waals surface area (Å²) >= 11 is 0. The van der Waals surface area contributed by atoms with Crippen LogP contribution >= 0.6 is 0 Å². The Bertz CT molecular complexity index is 763. The molecule has 1 aliphatic heterocycles. The molecule has 6 nitrogen and oxygen atoms in total. The number of carbonyl (C=O) groups is 2. The van der Waals surface area contributed by atoms with Crippen molar-refractivity contribution in [1.29, 1.82) is 0 Å². The Hall–Kier alpha value is -2.89. The molecule has 0 aliphatic carbocycles. The van der Waals surface area contributed by atoms with Gasteiger partial charge in [0.05, 0.1) is 6.04 Å². The van der Waals surface area contributed by atoms with Gasteiger partial charge in [-0.1, -0.05) is 30.3 Å². The maximum atomic E-state index is 12.4. The van der Waals surface area contributed by atoms with Gasteiger partial charge in [-0.3, -0.25) is 9.59 Å². The Morgan fingerprint density at radius 2 is 2.08 bits per heavy atom.